The van der Waals surface area contributed by atoms with Crippen molar-refractivity contribution in [1.82, 2.24) is 5.32 Å². The Kier molecular flexibility index (Phi) is 2.70. The van der Waals surface area contributed by atoms with Crippen LogP contribution in [-0.4, -0.2) is 18.9 Å². The standard InChI is InChI=1S/C7H12NO3/c1-5-3-2-4-11-6(5)8-7(9)10/h5-6,8H,2-4H2,1H3. The van der Waals surface area contributed by atoms with Crippen LogP contribution in [-0.2, 0) is 9.84 Å². The quantitative estimate of drug-likeness (QED) is 0.616. The molecular weight excluding hydrogens is 146 g/mol. The fourth-order valence-electron chi connectivity index (χ4n) is 1.23. The molecule has 1 fully saturated rings. The maximum Gasteiger partial charge on any atom is 0.452 e. The van der Waals surface area contributed by atoms with Gasteiger partial charge in [-0.05, 0) is 12.8 Å². The average molecular weight is 158 g/mol. The predicted octanol–water partition coefficient (Wildman–Crippen LogP) is 0.899. The van der Waals surface area contributed by atoms with Gasteiger partial charge in [0.05, 0.1) is 0 Å². The lowest BCUT2D eigenvalue weighted by atomic mass is 10.0. The summed E-state index contributed by atoms with van der Waals surface area (Å²) in [6.07, 6.45) is 0.384. The average Bonchev–Trinajstić information content (AvgIpc) is 1.93. The largest absolute Gasteiger partial charge is 0.452 e. The van der Waals surface area contributed by atoms with Crippen LogP contribution in [0.3, 0.4) is 0 Å². The van der Waals surface area contributed by atoms with Crippen LogP contribution in [0, 0.1) is 5.92 Å². The highest BCUT2D eigenvalue weighted by Crippen LogP contribution is 2.17. The van der Waals surface area contributed by atoms with Crippen LogP contribution in [0.25, 0.3) is 0 Å². The van der Waals surface area contributed by atoms with E-state index in [4.69, 9.17) is 4.74 Å². The molecule has 63 valence electrons. The molecule has 1 heterocycles. The van der Waals surface area contributed by atoms with E-state index in [0.29, 0.717) is 6.61 Å². The first-order valence-electron chi connectivity index (χ1n) is 3.79. The van der Waals surface area contributed by atoms with E-state index in [1.807, 2.05) is 6.92 Å². The van der Waals surface area contributed by atoms with Crippen LogP contribution in [0.5, 0.6) is 0 Å². The van der Waals surface area contributed by atoms with Crippen molar-refractivity contribution in [3.8, 4) is 0 Å². The number of nitrogens with one attached hydrogen (secondary N) is 1. The number of ether oxygens (including phenoxy) is 1. The summed E-state index contributed by atoms with van der Waals surface area (Å²) in [5.74, 6) is 0.252. The molecule has 1 rings (SSSR count). The van der Waals surface area contributed by atoms with Crippen LogP contribution in [0.15, 0.2) is 0 Å². The van der Waals surface area contributed by atoms with E-state index in [1.54, 1.807) is 0 Å². The van der Waals surface area contributed by atoms with Crippen molar-refractivity contribution in [2.75, 3.05) is 6.61 Å². The van der Waals surface area contributed by atoms with Gasteiger partial charge in [-0.3, -0.25) is 5.32 Å². The van der Waals surface area contributed by atoms with Crippen molar-refractivity contribution in [1.29, 1.82) is 0 Å². The summed E-state index contributed by atoms with van der Waals surface area (Å²) in [4.78, 5) is 10.1. The summed E-state index contributed by atoms with van der Waals surface area (Å²) in [5, 5.41) is 12.3. The molecule has 1 radical (unpaired) electrons. The maximum absolute atomic E-state index is 10.1. The number of rotatable bonds is 1. The highest BCUT2D eigenvalue weighted by Gasteiger charge is 2.23. The summed E-state index contributed by atoms with van der Waals surface area (Å²) in [7, 11) is 0. The van der Waals surface area contributed by atoms with Gasteiger partial charge < -0.3 is 4.74 Å². The lowest BCUT2D eigenvalue weighted by Crippen LogP contribution is -2.42. The van der Waals surface area contributed by atoms with Crippen molar-refractivity contribution in [3.05, 3.63) is 0 Å². The van der Waals surface area contributed by atoms with Gasteiger partial charge in [-0.25, -0.2) is 9.90 Å². The molecule has 0 aromatic carbocycles. The van der Waals surface area contributed by atoms with E-state index in [9.17, 15) is 9.90 Å². The molecule has 0 aliphatic carbocycles. The summed E-state index contributed by atoms with van der Waals surface area (Å²) in [5.41, 5.74) is 0. The second kappa shape index (κ2) is 3.57. The van der Waals surface area contributed by atoms with Gasteiger partial charge in [0.1, 0.15) is 6.23 Å². The van der Waals surface area contributed by atoms with E-state index in [0.717, 1.165) is 12.8 Å². The fraction of sp³-hybridized carbons (Fsp3) is 0.857. The second-order valence-electron chi connectivity index (χ2n) is 2.84. The first-order chi connectivity index (χ1) is 5.20. The summed E-state index contributed by atoms with van der Waals surface area (Å²) < 4.78 is 5.17. The molecule has 11 heavy (non-hydrogen) atoms. The Balaban J connectivity index is 2.35. The van der Waals surface area contributed by atoms with E-state index >= 15 is 0 Å². The van der Waals surface area contributed by atoms with Gasteiger partial charge in [-0.15, -0.1) is 0 Å². The van der Waals surface area contributed by atoms with Crippen LogP contribution >= 0.6 is 0 Å². The fourth-order valence-corrected chi connectivity index (χ4v) is 1.23. The Bertz CT molecular complexity index is 149. The monoisotopic (exact) mass is 158 g/mol. The molecule has 0 spiro atoms. The Labute approximate surface area is 65.5 Å². The van der Waals surface area contributed by atoms with Crippen LogP contribution < -0.4 is 5.32 Å². The van der Waals surface area contributed by atoms with E-state index in [1.165, 1.54) is 0 Å². The minimum atomic E-state index is -1.26. The number of carbonyl (C=O) groups is 1. The Hall–Kier alpha value is -0.770. The number of amides is 1. The zero-order valence-electron chi connectivity index (χ0n) is 6.50. The van der Waals surface area contributed by atoms with Crippen molar-refractivity contribution < 1.29 is 14.6 Å². The highest BCUT2D eigenvalue weighted by molar-refractivity contribution is 5.64. The Morgan fingerprint density at radius 1 is 1.64 bits per heavy atom. The number of carbonyl (C=O) groups excluding carboxylic acids is 1. The third-order valence-corrected chi connectivity index (χ3v) is 1.88. The minimum absolute atomic E-state index is 0.252. The van der Waals surface area contributed by atoms with Gasteiger partial charge in [-0.2, -0.15) is 0 Å². The Morgan fingerprint density at radius 3 is 2.91 bits per heavy atom. The molecule has 1 aliphatic heterocycles. The zero-order chi connectivity index (χ0) is 8.27. The van der Waals surface area contributed by atoms with Gasteiger partial charge in [-0.1, -0.05) is 6.92 Å². The van der Waals surface area contributed by atoms with Crippen LogP contribution in [0.2, 0.25) is 0 Å². The first-order valence-corrected chi connectivity index (χ1v) is 3.79. The molecule has 4 nitrogen and oxygen atoms in total. The van der Waals surface area contributed by atoms with Gasteiger partial charge in [0.15, 0.2) is 0 Å². The lowest BCUT2D eigenvalue weighted by Gasteiger charge is -2.28. The molecule has 0 bridgehead atoms. The molecule has 1 amide bonds. The Morgan fingerprint density at radius 2 is 2.36 bits per heavy atom. The van der Waals surface area contributed by atoms with Gasteiger partial charge in [0.2, 0.25) is 0 Å². The van der Waals surface area contributed by atoms with Crippen molar-refractivity contribution >= 4 is 6.09 Å². The highest BCUT2D eigenvalue weighted by atomic mass is 16.5. The van der Waals surface area contributed by atoms with E-state index in [2.05, 4.69) is 5.32 Å². The topological polar surface area (TPSA) is 58.2 Å². The van der Waals surface area contributed by atoms with Crippen LogP contribution in [0.1, 0.15) is 19.8 Å². The first kappa shape index (κ1) is 8.33. The van der Waals surface area contributed by atoms with E-state index < -0.39 is 6.09 Å². The third-order valence-electron chi connectivity index (χ3n) is 1.88. The molecule has 1 aliphatic rings. The van der Waals surface area contributed by atoms with Gasteiger partial charge in [0.25, 0.3) is 0 Å². The SMILES string of the molecule is CC1CCCOC1NC([O])=O. The molecular formula is C7H12NO3. The summed E-state index contributed by atoms with van der Waals surface area (Å²) in [6, 6.07) is 0. The molecule has 1 saturated heterocycles. The van der Waals surface area contributed by atoms with Gasteiger partial charge in [0, 0.05) is 12.5 Å². The van der Waals surface area contributed by atoms with E-state index in [-0.39, 0.29) is 12.1 Å². The van der Waals surface area contributed by atoms with Crippen molar-refractivity contribution in [3.63, 3.8) is 0 Å². The number of hydrogen-bond acceptors (Lipinski definition) is 2. The molecule has 4 heteroatoms. The smallest absolute Gasteiger partial charge is 0.358 e. The van der Waals surface area contributed by atoms with Crippen molar-refractivity contribution in [2.24, 2.45) is 5.92 Å². The van der Waals surface area contributed by atoms with Crippen LogP contribution in [0.4, 0.5) is 4.79 Å². The minimum Gasteiger partial charge on any atom is -0.358 e. The summed E-state index contributed by atoms with van der Waals surface area (Å²) in [6.45, 7) is 2.59. The lowest BCUT2D eigenvalue weighted by molar-refractivity contribution is -0.0382. The van der Waals surface area contributed by atoms with Crippen molar-refractivity contribution in [2.45, 2.75) is 26.0 Å². The number of hydrogen-bond donors (Lipinski definition) is 1. The second-order valence-corrected chi connectivity index (χ2v) is 2.84. The molecule has 1 N–H and O–H groups in total. The molecule has 0 aromatic rings. The molecule has 2 atom stereocenters. The zero-order valence-corrected chi connectivity index (χ0v) is 6.50. The maximum atomic E-state index is 10.1. The molecule has 0 saturated carbocycles. The summed E-state index contributed by atoms with van der Waals surface area (Å²) >= 11 is 0. The van der Waals surface area contributed by atoms with Gasteiger partial charge >= 0.3 is 6.09 Å². The molecule has 2 unspecified atom stereocenters. The molecule has 0 aromatic heterocycles. The predicted molar refractivity (Wildman–Crippen MR) is 37.4 cm³/mol. The third kappa shape index (κ3) is 2.38. The normalized spacial score (nSPS) is 31.4.